The first-order chi connectivity index (χ1) is 11.1. The SMILES string of the molecule is CCOC(=O)c1cc(Sc2ccccc2)cc(C(=O)OCC)n1. The predicted octanol–water partition coefficient (Wildman–Crippen LogP) is 3.59. The highest BCUT2D eigenvalue weighted by atomic mass is 32.2. The number of benzene rings is 1. The van der Waals surface area contributed by atoms with Crippen LogP contribution in [0.5, 0.6) is 0 Å². The van der Waals surface area contributed by atoms with Crippen molar-refractivity contribution in [3.8, 4) is 0 Å². The summed E-state index contributed by atoms with van der Waals surface area (Å²) >= 11 is 1.43. The van der Waals surface area contributed by atoms with E-state index in [0.717, 1.165) is 9.79 Å². The summed E-state index contributed by atoms with van der Waals surface area (Å²) in [7, 11) is 0. The van der Waals surface area contributed by atoms with Gasteiger partial charge in [0.15, 0.2) is 0 Å². The van der Waals surface area contributed by atoms with Crippen LogP contribution in [0, 0.1) is 0 Å². The van der Waals surface area contributed by atoms with Crippen molar-refractivity contribution in [2.75, 3.05) is 13.2 Å². The largest absolute Gasteiger partial charge is 0.461 e. The van der Waals surface area contributed by atoms with Crippen molar-refractivity contribution in [2.45, 2.75) is 23.6 Å². The lowest BCUT2D eigenvalue weighted by atomic mass is 10.3. The van der Waals surface area contributed by atoms with Crippen molar-refractivity contribution < 1.29 is 19.1 Å². The first-order valence-electron chi connectivity index (χ1n) is 7.23. The Bertz CT molecular complexity index is 652. The van der Waals surface area contributed by atoms with Crippen LogP contribution in [0.25, 0.3) is 0 Å². The van der Waals surface area contributed by atoms with Crippen molar-refractivity contribution in [2.24, 2.45) is 0 Å². The number of rotatable bonds is 6. The summed E-state index contributed by atoms with van der Waals surface area (Å²) in [5.41, 5.74) is 0.187. The normalized spacial score (nSPS) is 10.2. The minimum Gasteiger partial charge on any atom is -0.461 e. The fourth-order valence-corrected chi connectivity index (χ4v) is 2.71. The van der Waals surface area contributed by atoms with Gasteiger partial charge in [0.1, 0.15) is 11.4 Å². The van der Waals surface area contributed by atoms with Gasteiger partial charge in [0.05, 0.1) is 13.2 Å². The van der Waals surface area contributed by atoms with Gasteiger partial charge in [0, 0.05) is 9.79 Å². The molecule has 0 spiro atoms. The third-order valence-electron chi connectivity index (χ3n) is 2.75. The lowest BCUT2D eigenvalue weighted by molar-refractivity contribution is 0.0511. The van der Waals surface area contributed by atoms with E-state index < -0.39 is 11.9 Å². The van der Waals surface area contributed by atoms with E-state index in [-0.39, 0.29) is 24.6 Å². The zero-order valence-electron chi connectivity index (χ0n) is 12.9. The lowest BCUT2D eigenvalue weighted by Crippen LogP contribution is -2.13. The van der Waals surface area contributed by atoms with Crippen molar-refractivity contribution in [1.29, 1.82) is 0 Å². The summed E-state index contributed by atoms with van der Waals surface area (Å²) in [6.45, 7) is 3.91. The molecule has 2 aromatic rings. The van der Waals surface area contributed by atoms with Crippen LogP contribution in [-0.4, -0.2) is 30.1 Å². The van der Waals surface area contributed by atoms with E-state index >= 15 is 0 Å². The van der Waals surface area contributed by atoms with Gasteiger partial charge in [0.2, 0.25) is 0 Å². The number of esters is 2. The number of carbonyl (C=O) groups is 2. The zero-order valence-corrected chi connectivity index (χ0v) is 13.8. The standard InChI is InChI=1S/C17H17NO4S/c1-3-21-16(19)14-10-13(23-12-8-6-5-7-9-12)11-15(18-14)17(20)22-4-2/h5-11H,3-4H2,1-2H3. The Morgan fingerprint density at radius 2 is 1.43 bits per heavy atom. The molecule has 0 aliphatic rings. The van der Waals surface area contributed by atoms with Crippen molar-refractivity contribution in [3.63, 3.8) is 0 Å². The number of ether oxygens (including phenoxy) is 2. The van der Waals surface area contributed by atoms with Gasteiger partial charge in [0.25, 0.3) is 0 Å². The lowest BCUT2D eigenvalue weighted by Gasteiger charge is -2.08. The van der Waals surface area contributed by atoms with E-state index in [1.54, 1.807) is 26.0 Å². The topological polar surface area (TPSA) is 65.5 Å². The molecule has 120 valence electrons. The maximum Gasteiger partial charge on any atom is 0.356 e. The number of pyridine rings is 1. The molecule has 0 N–H and O–H groups in total. The average molecular weight is 331 g/mol. The molecule has 0 amide bonds. The molecular formula is C17H17NO4S. The summed E-state index contributed by atoms with van der Waals surface area (Å²) in [4.78, 5) is 29.6. The van der Waals surface area contributed by atoms with Crippen molar-refractivity contribution >= 4 is 23.7 Å². The van der Waals surface area contributed by atoms with Crippen LogP contribution in [0.3, 0.4) is 0 Å². The molecule has 2 rings (SSSR count). The third kappa shape index (κ3) is 4.82. The van der Waals surface area contributed by atoms with E-state index in [4.69, 9.17) is 9.47 Å². The van der Waals surface area contributed by atoms with Crippen LogP contribution in [-0.2, 0) is 9.47 Å². The second-order valence-electron chi connectivity index (χ2n) is 4.43. The second kappa shape index (κ2) is 8.33. The Labute approximate surface area is 139 Å². The maximum atomic E-state index is 11.9. The van der Waals surface area contributed by atoms with Gasteiger partial charge in [-0.25, -0.2) is 14.6 Å². The molecule has 1 aromatic heterocycles. The Balaban J connectivity index is 2.36. The van der Waals surface area contributed by atoms with E-state index in [2.05, 4.69) is 4.98 Å². The third-order valence-corrected chi connectivity index (χ3v) is 3.73. The van der Waals surface area contributed by atoms with Crippen LogP contribution in [0.15, 0.2) is 52.3 Å². The number of hydrogen-bond donors (Lipinski definition) is 0. The quantitative estimate of drug-likeness (QED) is 0.754. The molecule has 0 unspecified atom stereocenters. The van der Waals surface area contributed by atoms with Crippen LogP contribution >= 0.6 is 11.8 Å². The molecule has 0 saturated heterocycles. The van der Waals surface area contributed by atoms with E-state index in [1.165, 1.54) is 11.8 Å². The minimum atomic E-state index is -0.562. The second-order valence-corrected chi connectivity index (χ2v) is 5.58. The van der Waals surface area contributed by atoms with Gasteiger partial charge in [-0.05, 0) is 38.1 Å². The highest BCUT2D eigenvalue weighted by molar-refractivity contribution is 7.99. The van der Waals surface area contributed by atoms with Crippen LogP contribution < -0.4 is 0 Å². The Morgan fingerprint density at radius 1 is 0.913 bits per heavy atom. The van der Waals surface area contributed by atoms with Crippen LogP contribution in [0.4, 0.5) is 0 Å². The molecule has 0 atom stereocenters. The molecule has 0 fully saturated rings. The van der Waals surface area contributed by atoms with E-state index in [9.17, 15) is 9.59 Å². The maximum absolute atomic E-state index is 11.9. The summed E-state index contributed by atoms with van der Waals surface area (Å²) in [6.07, 6.45) is 0. The molecule has 6 heteroatoms. The smallest absolute Gasteiger partial charge is 0.356 e. The number of carbonyl (C=O) groups excluding carboxylic acids is 2. The molecule has 23 heavy (non-hydrogen) atoms. The van der Waals surface area contributed by atoms with Gasteiger partial charge in [-0.1, -0.05) is 30.0 Å². The van der Waals surface area contributed by atoms with E-state index in [1.807, 2.05) is 30.3 Å². The molecule has 0 aliphatic carbocycles. The summed E-state index contributed by atoms with van der Waals surface area (Å²) < 4.78 is 9.93. The van der Waals surface area contributed by atoms with Gasteiger partial charge in [-0.15, -0.1) is 0 Å². The highest BCUT2D eigenvalue weighted by Crippen LogP contribution is 2.28. The summed E-state index contributed by atoms with van der Waals surface area (Å²) in [5, 5.41) is 0. The first-order valence-corrected chi connectivity index (χ1v) is 8.05. The monoisotopic (exact) mass is 331 g/mol. The summed E-state index contributed by atoms with van der Waals surface area (Å²) in [6, 6.07) is 12.9. The first kappa shape index (κ1) is 17.0. The van der Waals surface area contributed by atoms with Gasteiger partial charge >= 0.3 is 11.9 Å². The number of hydrogen-bond acceptors (Lipinski definition) is 6. The fraction of sp³-hybridized carbons (Fsp3) is 0.235. The molecule has 1 aromatic carbocycles. The molecule has 0 aliphatic heterocycles. The van der Waals surface area contributed by atoms with Crippen molar-refractivity contribution in [1.82, 2.24) is 4.98 Å². The molecular weight excluding hydrogens is 314 g/mol. The zero-order chi connectivity index (χ0) is 16.7. The van der Waals surface area contributed by atoms with Crippen LogP contribution in [0.1, 0.15) is 34.8 Å². The average Bonchev–Trinajstić information content (AvgIpc) is 2.56. The highest BCUT2D eigenvalue weighted by Gasteiger charge is 2.17. The van der Waals surface area contributed by atoms with Gasteiger partial charge in [-0.2, -0.15) is 0 Å². The molecule has 1 heterocycles. The Kier molecular flexibility index (Phi) is 6.17. The molecule has 0 radical (unpaired) electrons. The molecule has 0 bridgehead atoms. The minimum absolute atomic E-state index is 0.0934. The Hall–Kier alpha value is -2.34. The number of nitrogens with zero attached hydrogens (tertiary/aromatic N) is 1. The Morgan fingerprint density at radius 3 is 1.91 bits per heavy atom. The summed E-state index contributed by atoms with van der Waals surface area (Å²) in [5.74, 6) is -1.12. The predicted molar refractivity (Wildman–Crippen MR) is 86.7 cm³/mol. The van der Waals surface area contributed by atoms with Gasteiger partial charge < -0.3 is 9.47 Å². The number of aromatic nitrogens is 1. The van der Waals surface area contributed by atoms with Gasteiger partial charge in [-0.3, -0.25) is 0 Å². The van der Waals surface area contributed by atoms with Crippen LogP contribution in [0.2, 0.25) is 0 Å². The fourth-order valence-electron chi connectivity index (χ4n) is 1.81. The van der Waals surface area contributed by atoms with Crippen molar-refractivity contribution in [3.05, 3.63) is 53.9 Å². The molecule has 0 saturated carbocycles. The van der Waals surface area contributed by atoms with E-state index in [0.29, 0.717) is 0 Å². The molecule has 5 nitrogen and oxygen atoms in total.